The van der Waals surface area contributed by atoms with Crippen LogP contribution in [0, 0.1) is 0 Å². The number of aromatic amines is 1. The van der Waals surface area contributed by atoms with Crippen molar-refractivity contribution >= 4 is 29.8 Å². The second-order valence-corrected chi connectivity index (χ2v) is 6.70. The average molecular weight is 242 g/mol. The first kappa shape index (κ1) is 11.1. The number of nitrogens with zero attached hydrogens (tertiary/aromatic N) is 1. The van der Waals surface area contributed by atoms with E-state index in [9.17, 15) is 4.79 Å². The van der Waals surface area contributed by atoms with Gasteiger partial charge < -0.3 is 4.98 Å². The zero-order valence-electron chi connectivity index (χ0n) is 8.77. The molecule has 3 nitrogen and oxygen atoms in total. The summed E-state index contributed by atoms with van der Waals surface area (Å²) in [5.74, 6) is 2.01. The fourth-order valence-corrected chi connectivity index (χ4v) is 4.38. The number of aldehydes is 1. The number of thioether (sulfide) groups is 2. The highest BCUT2D eigenvalue weighted by Gasteiger charge is 2.28. The first-order valence-electron chi connectivity index (χ1n) is 4.98. The maximum absolute atomic E-state index is 10.5. The van der Waals surface area contributed by atoms with Crippen LogP contribution < -0.4 is 0 Å². The summed E-state index contributed by atoms with van der Waals surface area (Å²) in [4.78, 5) is 17.8. The average Bonchev–Trinajstić information content (AvgIpc) is 2.70. The minimum Gasteiger partial charge on any atom is -0.339 e. The van der Waals surface area contributed by atoms with E-state index in [0.717, 1.165) is 17.9 Å². The molecule has 1 aromatic heterocycles. The molecule has 0 spiro atoms. The van der Waals surface area contributed by atoms with Gasteiger partial charge in [0, 0.05) is 16.3 Å². The highest BCUT2D eigenvalue weighted by molar-refractivity contribution is 8.07. The van der Waals surface area contributed by atoms with Gasteiger partial charge in [-0.15, -0.1) is 11.8 Å². The molecular weight excluding hydrogens is 228 g/mol. The topological polar surface area (TPSA) is 45.8 Å². The van der Waals surface area contributed by atoms with E-state index < -0.39 is 0 Å². The molecule has 1 aromatic rings. The predicted molar refractivity (Wildman–Crippen MR) is 65.7 cm³/mol. The van der Waals surface area contributed by atoms with Crippen LogP contribution in [0.15, 0.2) is 6.20 Å². The summed E-state index contributed by atoms with van der Waals surface area (Å²) in [5.41, 5.74) is 0.571. The summed E-state index contributed by atoms with van der Waals surface area (Å²) >= 11 is 3.92. The lowest BCUT2D eigenvalue weighted by Gasteiger charge is -2.30. The molecule has 1 fully saturated rings. The molecular formula is C10H14N2OS2. The van der Waals surface area contributed by atoms with Gasteiger partial charge in [-0.3, -0.25) is 4.79 Å². The van der Waals surface area contributed by atoms with Crippen molar-refractivity contribution < 1.29 is 4.79 Å². The van der Waals surface area contributed by atoms with Gasteiger partial charge in [-0.2, -0.15) is 11.8 Å². The van der Waals surface area contributed by atoms with Crippen LogP contribution in [0.2, 0.25) is 0 Å². The number of rotatable bonds is 2. The second kappa shape index (κ2) is 4.61. The lowest BCUT2D eigenvalue weighted by molar-refractivity contribution is 0.111. The van der Waals surface area contributed by atoms with Crippen molar-refractivity contribution in [3.63, 3.8) is 0 Å². The van der Waals surface area contributed by atoms with Gasteiger partial charge in [0.15, 0.2) is 6.29 Å². The van der Waals surface area contributed by atoms with Gasteiger partial charge in [-0.05, 0) is 0 Å². The molecule has 0 radical (unpaired) electrons. The van der Waals surface area contributed by atoms with Crippen LogP contribution in [-0.2, 0) is 0 Å². The Hall–Kier alpha value is -0.420. The molecule has 3 unspecified atom stereocenters. The number of imidazole rings is 1. The maximum atomic E-state index is 10.5. The van der Waals surface area contributed by atoms with E-state index in [1.165, 1.54) is 0 Å². The summed E-state index contributed by atoms with van der Waals surface area (Å²) in [5, 5.41) is 1.74. The minimum absolute atomic E-state index is 0.398. The van der Waals surface area contributed by atoms with Crippen LogP contribution in [0.3, 0.4) is 0 Å². The van der Waals surface area contributed by atoms with Crippen LogP contribution in [0.1, 0.15) is 35.4 Å². The van der Waals surface area contributed by atoms with Crippen molar-refractivity contribution in [1.82, 2.24) is 9.97 Å². The van der Waals surface area contributed by atoms with Crippen LogP contribution in [0.4, 0.5) is 0 Å². The quantitative estimate of drug-likeness (QED) is 0.809. The van der Waals surface area contributed by atoms with Gasteiger partial charge >= 0.3 is 0 Å². The number of hydrogen-bond acceptors (Lipinski definition) is 4. The smallest absolute Gasteiger partial charge is 0.167 e. The molecule has 15 heavy (non-hydrogen) atoms. The van der Waals surface area contributed by atoms with E-state index in [0.29, 0.717) is 21.4 Å². The Morgan fingerprint density at radius 2 is 2.33 bits per heavy atom. The third kappa shape index (κ3) is 2.39. The first-order valence-corrected chi connectivity index (χ1v) is 6.97. The highest BCUT2D eigenvalue weighted by Crippen LogP contribution is 2.43. The molecule has 0 bridgehead atoms. The molecule has 1 saturated heterocycles. The van der Waals surface area contributed by atoms with Crippen molar-refractivity contribution in [1.29, 1.82) is 0 Å². The number of aromatic nitrogens is 2. The van der Waals surface area contributed by atoms with E-state index in [-0.39, 0.29) is 0 Å². The molecule has 1 aliphatic heterocycles. The molecule has 82 valence electrons. The fourth-order valence-electron chi connectivity index (χ4n) is 1.50. The monoisotopic (exact) mass is 242 g/mol. The number of carbonyl (C=O) groups is 1. The van der Waals surface area contributed by atoms with Gasteiger partial charge in [0.25, 0.3) is 0 Å². The van der Waals surface area contributed by atoms with Crippen molar-refractivity contribution in [3.05, 3.63) is 17.7 Å². The fraction of sp³-hybridized carbons (Fsp3) is 0.600. The third-order valence-corrected chi connectivity index (χ3v) is 6.00. The number of hydrogen-bond donors (Lipinski definition) is 1. The standard InChI is InChI=1S/C10H14N2OS2/c1-6-7(2)15-9(5-14-6)10-11-3-8(4-13)12-10/h3-4,6-7,9H,5H2,1-2H3,(H,11,12). The van der Waals surface area contributed by atoms with E-state index >= 15 is 0 Å². The molecule has 0 amide bonds. The van der Waals surface area contributed by atoms with Gasteiger partial charge in [-0.25, -0.2) is 4.98 Å². The van der Waals surface area contributed by atoms with Gasteiger partial charge in [-0.1, -0.05) is 13.8 Å². The normalized spacial score (nSPS) is 31.5. The van der Waals surface area contributed by atoms with Crippen molar-refractivity contribution in [2.75, 3.05) is 5.75 Å². The Bertz CT molecular complexity index is 353. The van der Waals surface area contributed by atoms with E-state index in [4.69, 9.17) is 0 Å². The van der Waals surface area contributed by atoms with Crippen molar-refractivity contribution in [2.24, 2.45) is 0 Å². The molecule has 0 saturated carbocycles. The Morgan fingerprint density at radius 3 is 2.93 bits per heavy atom. The largest absolute Gasteiger partial charge is 0.339 e. The highest BCUT2D eigenvalue weighted by atomic mass is 32.2. The number of H-pyrrole nitrogens is 1. The first-order chi connectivity index (χ1) is 7.20. The van der Waals surface area contributed by atoms with E-state index in [1.807, 2.05) is 23.5 Å². The molecule has 3 atom stereocenters. The summed E-state index contributed by atoms with van der Waals surface area (Å²) in [6.45, 7) is 4.51. The summed E-state index contributed by atoms with van der Waals surface area (Å²) in [7, 11) is 0. The van der Waals surface area contributed by atoms with Gasteiger partial charge in [0.1, 0.15) is 5.82 Å². The third-order valence-electron chi connectivity index (χ3n) is 2.60. The zero-order valence-corrected chi connectivity index (χ0v) is 10.4. The van der Waals surface area contributed by atoms with E-state index in [1.54, 1.807) is 6.20 Å². The van der Waals surface area contributed by atoms with E-state index in [2.05, 4.69) is 23.8 Å². The molecule has 2 rings (SSSR count). The van der Waals surface area contributed by atoms with Crippen LogP contribution in [0.25, 0.3) is 0 Å². The summed E-state index contributed by atoms with van der Waals surface area (Å²) in [6.07, 6.45) is 2.42. The predicted octanol–water partition coefficient (Wildman–Crippen LogP) is 2.52. The molecule has 0 aliphatic carbocycles. The molecule has 5 heteroatoms. The molecule has 1 aliphatic rings. The Morgan fingerprint density at radius 1 is 1.53 bits per heavy atom. The van der Waals surface area contributed by atoms with Crippen LogP contribution >= 0.6 is 23.5 Å². The Balaban J connectivity index is 2.08. The maximum Gasteiger partial charge on any atom is 0.167 e. The number of carbonyl (C=O) groups excluding carboxylic acids is 1. The van der Waals surface area contributed by atoms with Crippen molar-refractivity contribution in [2.45, 2.75) is 29.6 Å². The Kier molecular flexibility index (Phi) is 3.41. The minimum atomic E-state index is 0.398. The lowest BCUT2D eigenvalue weighted by atomic mass is 10.3. The Labute approximate surface area is 97.8 Å². The van der Waals surface area contributed by atoms with Crippen LogP contribution in [0.5, 0.6) is 0 Å². The molecule has 0 aromatic carbocycles. The summed E-state index contributed by atoms with van der Waals surface area (Å²) in [6, 6.07) is 0. The van der Waals surface area contributed by atoms with Crippen LogP contribution in [-0.4, -0.2) is 32.5 Å². The second-order valence-electron chi connectivity index (χ2n) is 3.71. The van der Waals surface area contributed by atoms with Crippen molar-refractivity contribution in [3.8, 4) is 0 Å². The molecule has 1 N–H and O–H groups in total. The summed E-state index contributed by atoms with van der Waals surface area (Å²) < 4.78 is 0. The zero-order chi connectivity index (χ0) is 10.8. The SMILES string of the molecule is CC1SCC(c2ncc(C=O)[nH]2)SC1C. The number of nitrogens with one attached hydrogen (secondary N) is 1. The van der Waals surface area contributed by atoms with Gasteiger partial charge in [0.05, 0.1) is 17.1 Å². The lowest BCUT2D eigenvalue weighted by Crippen LogP contribution is -2.22. The van der Waals surface area contributed by atoms with Gasteiger partial charge in [0.2, 0.25) is 0 Å². The molecule has 2 heterocycles.